The maximum Gasteiger partial charge on any atom is 0.321 e. The predicted molar refractivity (Wildman–Crippen MR) is 85.2 cm³/mol. The van der Waals surface area contributed by atoms with E-state index in [1.54, 1.807) is 11.3 Å². The zero-order valence-electron chi connectivity index (χ0n) is 13.0. The Labute approximate surface area is 131 Å². The Kier molecular flexibility index (Phi) is 4.36. The number of likely N-dealkylation sites (tertiary alicyclic amines) is 1. The molecule has 0 N–H and O–H groups in total. The van der Waals surface area contributed by atoms with Crippen LogP contribution in [0.4, 0.5) is 0 Å². The molecule has 0 atom stereocenters. The Bertz CT molecular complexity index is 471. The van der Waals surface area contributed by atoms with Gasteiger partial charge in [0.25, 0.3) is 0 Å². The van der Waals surface area contributed by atoms with E-state index in [0.29, 0.717) is 6.73 Å². The van der Waals surface area contributed by atoms with E-state index < -0.39 is 0 Å². The number of hydrogen-bond acceptors (Lipinski definition) is 3. The third-order valence-electron chi connectivity index (χ3n) is 5.24. The van der Waals surface area contributed by atoms with E-state index in [4.69, 9.17) is 4.74 Å². The van der Waals surface area contributed by atoms with Crippen LogP contribution in [-0.2, 0) is 14.9 Å². The summed E-state index contributed by atoms with van der Waals surface area (Å²) >= 11 is 1.70. The monoisotopic (exact) mass is 308 g/mol. The molecule has 21 heavy (non-hydrogen) atoms. The van der Waals surface area contributed by atoms with Crippen LogP contribution in [0.1, 0.15) is 49.8 Å². The number of nitrogens with zero attached hydrogens (tertiary/aromatic N) is 1. The molecule has 1 saturated heterocycles. The summed E-state index contributed by atoms with van der Waals surface area (Å²) in [5, 5.41) is 2.07. The van der Waals surface area contributed by atoms with Gasteiger partial charge in [0, 0.05) is 4.88 Å². The molecular weight excluding hydrogens is 282 g/mol. The molecule has 1 aliphatic heterocycles. The first kappa shape index (κ1) is 15.0. The van der Waals surface area contributed by atoms with Gasteiger partial charge in [-0.15, -0.1) is 11.3 Å². The molecule has 0 spiro atoms. The summed E-state index contributed by atoms with van der Waals surface area (Å²) in [5.41, 5.74) is -0.344. The standard InChI is InChI=1S/C17H26NO2S/c1-18(11-5-2-6-12-18)14-20-16(19)17(9-3-4-10-17)15-8-7-13-21-15/h7-8,13H,2-6,9-12,14H2,1H3/q+1. The zero-order valence-corrected chi connectivity index (χ0v) is 13.8. The maximum absolute atomic E-state index is 12.8. The molecule has 1 aromatic rings. The van der Waals surface area contributed by atoms with Crippen molar-refractivity contribution in [3.8, 4) is 0 Å². The molecule has 1 aliphatic carbocycles. The number of quaternary nitrogens is 1. The van der Waals surface area contributed by atoms with Gasteiger partial charge in [0.15, 0.2) is 0 Å². The third-order valence-corrected chi connectivity index (χ3v) is 6.32. The van der Waals surface area contributed by atoms with E-state index in [-0.39, 0.29) is 11.4 Å². The number of ether oxygens (including phenoxy) is 1. The lowest BCUT2D eigenvalue weighted by Crippen LogP contribution is -2.50. The van der Waals surface area contributed by atoms with Crippen molar-refractivity contribution in [3.05, 3.63) is 22.4 Å². The van der Waals surface area contributed by atoms with E-state index in [1.165, 1.54) is 24.1 Å². The first-order valence-corrected chi connectivity index (χ1v) is 9.07. The predicted octanol–water partition coefficient (Wildman–Crippen LogP) is 3.69. The maximum atomic E-state index is 12.8. The van der Waals surface area contributed by atoms with E-state index >= 15 is 0 Å². The number of hydrogen-bond donors (Lipinski definition) is 0. The molecule has 4 heteroatoms. The van der Waals surface area contributed by atoms with E-state index in [1.807, 2.05) is 6.07 Å². The molecule has 0 amide bonds. The van der Waals surface area contributed by atoms with Gasteiger partial charge in [0.2, 0.25) is 6.73 Å². The Morgan fingerprint density at radius 2 is 1.95 bits per heavy atom. The van der Waals surface area contributed by atoms with Crippen LogP contribution in [-0.4, -0.2) is 37.3 Å². The average Bonchev–Trinajstić information content (AvgIpc) is 3.17. The second-order valence-corrected chi connectivity index (χ2v) is 7.90. The minimum atomic E-state index is -0.344. The Morgan fingerprint density at radius 1 is 1.24 bits per heavy atom. The number of rotatable bonds is 4. The minimum Gasteiger partial charge on any atom is -0.414 e. The van der Waals surface area contributed by atoms with Crippen LogP contribution in [0.15, 0.2) is 17.5 Å². The third kappa shape index (κ3) is 3.02. The van der Waals surface area contributed by atoms with Crippen molar-refractivity contribution in [1.82, 2.24) is 0 Å². The molecule has 2 fully saturated rings. The second-order valence-electron chi connectivity index (χ2n) is 6.95. The van der Waals surface area contributed by atoms with E-state index in [2.05, 4.69) is 18.5 Å². The SMILES string of the molecule is C[N+]1(COC(=O)C2(c3cccs3)CCCC2)CCCCC1. The van der Waals surface area contributed by atoms with Crippen LogP contribution in [0.3, 0.4) is 0 Å². The molecule has 3 nitrogen and oxygen atoms in total. The molecule has 2 heterocycles. The van der Waals surface area contributed by atoms with Gasteiger partial charge in [-0.3, -0.25) is 9.28 Å². The summed E-state index contributed by atoms with van der Waals surface area (Å²) in [7, 11) is 2.22. The lowest BCUT2D eigenvalue weighted by molar-refractivity contribution is -0.930. The van der Waals surface area contributed by atoms with Crippen molar-refractivity contribution in [3.63, 3.8) is 0 Å². The van der Waals surface area contributed by atoms with Crippen LogP contribution in [0, 0.1) is 0 Å². The van der Waals surface area contributed by atoms with Gasteiger partial charge in [0.05, 0.1) is 20.1 Å². The van der Waals surface area contributed by atoms with E-state index in [0.717, 1.165) is 43.3 Å². The summed E-state index contributed by atoms with van der Waals surface area (Å²) < 4.78 is 6.73. The smallest absolute Gasteiger partial charge is 0.321 e. The molecule has 2 aliphatic rings. The zero-order chi connectivity index (χ0) is 14.8. The highest BCUT2D eigenvalue weighted by Gasteiger charge is 2.45. The molecule has 1 saturated carbocycles. The van der Waals surface area contributed by atoms with Crippen molar-refractivity contribution in [2.24, 2.45) is 0 Å². The number of thiophene rings is 1. The fourth-order valence-electron chi connectivity index (χ4n) is 3.84. The number of carbonyl (C=O) groups excluding carboxylic acids is 1. The Hall–Kier alpha value is -0.870. The molecule has 0 unspecified atom stereocenters. The van der Waals surface area contributed by atoms with Gasteiger partial charge in [-0.25, -0.2) is 0 Å². The summed E-state index contributed by atoms with van der Waals surface area (Å²) in [6.45, 7) is 2.82. The summed E-state index contributed by atoms with van der Waals surface area (Å²) in [5.74, 6) is 0.0207. The summed E-state index contributed by atoms with van der Waals surface area (Å²) in [6, 6.07) is 4.15. The van der Waals surface area contributed by atoms with Crippen molar-refractivity contribution in [2.45, 2.75) is 50.4 Å². The van der Waals surface area contributed by atoms with Crippen molar-refractivity contribution in [1.29, 1.82) is 0 Å². The van der Waals surface area contributed by atoms with Gasteiger partial charge < -0.3 is 4.74 Å². The summed E-state index contributed by atoms with van der Waals surface area (Å²) in [6.07, 6.45) is 8.01. The number of carbonyl (C=O) groups is 1. The van der Waals surface area contributed by atoms with Crippen LogP contribution in [0.25, 0.3) is 0 Å². The largest absolute Gasteiger partial charge is 0.414 e. The topological polar surface area (TPSA) is 26.3 Å². The Balaban J connectivity index is 1.68. The number of piperidine rings is 1. The highest BCUT2D eigenvalue weighted by Crippen LogP contribution is 2.44. The van der Waals surface area contributed by atoms with Crippen LogP contribution >= 0.6 is 11.3 Å². The highest BCUT2D eigenvalue weighted by molar-refractivity contribution is 7.10. The number of esters is 1. The van der Waals surface area contributed by atoms with Crippen LogP contribution in [0.5, 0.6) is 0 Å². The van der Waals surface area contributed by atoms with E-state index in [9.17, 15) is 4.79 Å². The molecule has 0 aromatic carbocycles. The van der Waals surface area contributed by atoms with Crippen molar-refractivity contribution >= 4 is 17.3 Å². The molecule has 116 valence electrons. The fourth-order valence-corrected chi connectivity index (χ4v) is 4.81. The van der Waals surface area contributed by atoms with Gasteiger partial charge in [0.1, 0.15) is 5.41 Å². The molecular formula is C17H26NO2S+. The fraction of sp³-hybridized carbons (Fsp3) is 0.706. The van der Waals surface area contributed by atoms with Gasteiger partial charge >= 0.3 is 5.97 Å². The Morgan fingerprint density at radius 3 is 2.57 bits per heavy atom. The molecule has 1 aromatic heterocycles. The molecule has 0 bridgehead atoms. The average molecular weight is 308 g/mol. The highest BCUT2D eigenvalue weighted by atomic mass is 32.1. The minimum absolute atomic E-state index is 0.0207. The lowest BCUT2D eigenvalue weighted by Gasteiger charge is -2.37. The van der Waals surface area contributed by atoms with Gasteiger partial charge in [-0.05, 0) is 43.6 Å². The van der Waals surface area contributed by atoms with Crippen LogP contribution < -0.4 is 0 Å². The quantitative estimate of drug-likeness (QED) is 0.626. The normalized spacial score (nSPS) is 23.9. The van der Waals surface area contributed by atoms with Crippen molar-refractivity contribution in [2.75, 3.05) is 26.9 Å². The second kappa shape index (κ2) is 6.09. The van der Waals surface area contributed by atoms with Crippen molar-refractivity contribution < 1.29 is 14.0 Å². The lowest BCUT2D eigenvalue weighted by atomic mass is 9.84. The van der Waals surface area contributed by atoms with Gasteiger partial charge in [-0.2, -0.15) is 0 Å². The van der Waals surface area contributed by atoms with Crippen LogP contribution in [0.2, 0.25) is 0 Å². The molecule has 3 rings (SSSR count). The first-order valence-electron chi connectivity index (χ1n) is 8.20. The summed E-state index contributed by atoms with van der Waals surface area (Å²) in [4.78, 5) is 14.0. The van der Waals surface area contributed by atoms with Gasteiger partial charge in [-0.1, -0.05) is 18.9 Å². The molecule has 0 radical (unpaired) electrons. The first-order chi connectivity index (χ1) is 10.1.